The number of benzene rings is 2. The van der Waals surface area contributed by atoms with E-state index in [-0.39, 0.29) is 24.3 Å². The zero-order valence-electron chi connectivity index (χ0n) is 14.9. The van der Waals surface area contributed by atoms with Crippen molar-refractivity contribution in [2.75, 3.05) is 28.7 Å². The van der Waals surface area contributed by atoms with Crippen LogP contribution >= 0.6 is 0 Å². The number of carbonyl (C=O) groups excluding carboxylic acids is 3. The molecule has 0 bridgehead atoms. The zero-order valence-corrected chi connectivity index (χ0v) is 14.9. The Morgan fingerprint density at radius 1 is 1.19 bits per heavy atom. The second-order valence-corrected chi connectivity index (χ2v) is 6.65. The summed E-state index contributed by atoms with van der Waals surface area (Å²) in [5, 5.41) is 5.55. The number of carbonyl (C=O) groups is 3. The third-order valence-electron chi connectivity index (χ3n) is 4.70. The average Bonchev–Trinajstić information content (AvgIpc) is 3.07. The first-order valence-corrected chi connectivity index (χ1v) is 8.80. The van der Waals surface area contributed by atoms with Crippen LogP contribution in [0.2, 0.25) is 0 Å². The maximum Gasteiger partial charge on any atom is 0.262 e. The maximum atomic E-state index is 12.6. The minimum atomic E-state index is -0.275. The van der Waals surface area contributed by atoms with E-state index in [1.807, 2.05) is 19.1 Å². The van der Waals surface area contributed by atoms with Crippen molar-refractivity contribution in [1.29, 1.82) is 0 Å². The van der Waals surface area contributed by atoms with Gasteiger partial charge in [0.2, 0.25) is 5.91 Å². The van der Waals surface area contributed by atoms with Crippen LogP contribution in [0, 0.1) is 6.92 Å². The van der Waals surface area contributed by atoms with Crippen molar-refractivity contribution >= 4 is 34.8 Å². The molecule has 2 N–H and O–H groups in total. The van der Waals surface area contributed by atoms with E-state index in [1.165, 1.54) is 0 Å². The predicted molar refractivity (Wildman–Crippen MR) is 101 cm³/mol. The second kappa shape index (κ2) is 6.75. The van der Waals surface area contributed by atoms with Gasteiger partial charge in [0.05, 0.1) is 5.69 Å². The number of nitrogens with one attached hydrogen (secondary N) is 2. The summed E-state index contributed by atoms with van der Waals surface area (Å²) in [6.45, 7) is 2.59. The van der Waals surface area contributed by atoms with Gasteiger partial charge in [-0.25, -0.2) is 0 Å². The fourth-order valence-corrected chi connectivity index (χ4v) is 3.36. The number of hydrogen-bond acceptors (Lipinski definition) is 4. The molecule has 0 saturated carbocycles. The first-order chi connectivity index (χ1) is 13.0. The van der Waals surface area contributed by atoms with Crippen molar-refractivity contribution in [3.63, 3.8) is 0 Å². The Hall–Kier alpha value is -3.35. The number of amides is 3. The molecule has 2 aliphatic heterocycles. The van der Waals surface area contributed by atoms with Gasteiger partial charge in [-0.2, -0.15) is 0 Å². The third kappa shape index (κ3) is 3.36. The Kier molecular flexibility index (Phi) is 4.27. The van der Waals surface area contributed by atoms with Gasteiger partial charge < -0.3 is 20.3 Å². The molecule has 3 amide bonds. The van der Waals surface area contributed by atoms with Crippen LogP contribution < -0.4 is 20.3 Å². The summed E-state index contributed by atoms with van der Waals surface area (Å²) in [6.07, 6.45) is 1.45. The molecule has 138 valence electrons. The molecule has 0 aliphatic carbocycles. The van der Waals surface area contributed by atoms with Crippen LogP contribution in [0.15, 0.2) is 36.4 Å². The van der Waals surface area contributed by atoms with Gasteiger partial charge in [0.25, 0.3) is 11.8 Å². The van der Waals surface area contributed by atoms with Gasteiger partial charge in [-0.05, 0) is 55.3 Å². The minimum Gasteiger partial charge on any atom is -0.482 e. The van der Waals surface area contributed by atoms with Crippen molar-refractivity contribution in [2.24, 2.45) is 0 Å². The van der Waals surface area contributed by atoms with E-state index in [1.54, 1.807) is 29.2 Å². The molecule has 2 aromatic rings. The smallest absolute Gasteiger partial charge is 0.262 e. The standard InChI is InChI=1S/C20H19N3O4/c1-12-9-14(5-7-16(12)23-8-2-3-19(23)25)21-20(26)13-4-6-15-17(10-13)27-11-18(24)22-15/h4-7,9-10H,2-3,8,11H2,1H3,(H,21,26)(H,22,24). The van der Waals surface area contributed by atoms with Gasteiger partial charge >= 0.3 is 0 Å². The van der Waals surface area contributed by atoms with Crippen LogP contribution in [-0.2, 0) is 9.59 Å². The lowest BCUT2D eigenvalue weighted by Gasteiger charge is -2.19. The van der Waals surface area contributed by atoms with Crippen molar-refractivity contribution in [3.8, 4) is 5.75 Å². The first-order valence-electron chi connectivity index (χ1n) is 8.80. The lowest BCUT2D eigenvalue weighted by molar-refractivity contribution is -0.119. The fourth-order valence-electron chi connectivity index (χ4n) is 3.36. The van der Waals surface area contributed by atoms with Gasteiger partial charge in [0.15, 0.2) is 6.61 Å². The van der Waals surface area contributed by atoms with Crippen molar-refractivity contribution < 1.29 is 19.1 Å². The summed E-state index contributed by atoms with van der Waals surface area (Å²) in [7, 11) is 0. The molecular weight excluding hydrogens is 346 g/mol. The zero-order chi connectivity index (χ0) is 19.0. The van der Waals surface area contributed by atoms with Crippen LogP contribution in [0.1, 0.15) is 28.8 Å². The average molecular weight is 365 g/mol. The van der Waals surface area contributed by atoms with Gasteiger partial charge in [-0.1, -0.05) is 0 Å². The summed E-state index contributed by atoms with van der Waals surface area (Å²) >= 11 is 0. The van der Waals surface area contributed by atoms with Crippen molar-refractivity contribution in [1.82, 2.24) is 0 Å². The van der Waals surface area contributed by atoms with E-state index in [2.05, 4.69) is 10.6 Å². The van der Waals surface area contributed by atoms with E-state index >= 15 is 0 Å². The lowest BCUT2D eigenvalue weighted by Crippen LogP contribution is -2.25. The molecule has 0 aromatic heterocycles. The fraction of sp³-hybridized carbons (Fsp3) is 0.250. The number of nitrogens with zero attached hydrogens (tertiary/aromatic N) is 1. The molecule has 7 nitrogen and oxygen atoms in total. The highest BCUT2D eigenvalue weighted by molar-refractivity contribution is 6.06. The first kappa shape index (κ1) is 17.1. The molecule has 4 rings (SSSR count). The Balaban J connectivity index is 1.51. The molecule has 7 heteroatoms. The highest BCUT2D eigenvalue weighted by atomic mass is 16.5. The monoisotopic (exact) mass is 365 g/mol. The summed E-state index contributed by atoms with van der Waals surface area (Å²) in [6, 6.07) is 10.4. The van der Waals surface area contributed by atoms with E-state index in [9.17, 15) is 14.4 Å². The van der Waals surface area contributed by atoms with Crippen LogP contribution in [0.3, 0.4) is 0 Å². The molecule has 0 radical (unpaired) electrons. The number of anilines is 3. The maximum absolute atomic E-state index is 12.6. The molecular formula is C20H19N3O4. The van der Waals surface area contributed by atoms with Crippen LogP contribution in [0.4, 0.5) is 17.1 Å². The van der Waals surface area contributed by atoms with Crippen LogP contribution in [0.5, 0.6) is 5.75 Å². The number of rotatable bonds is 3. The van der Waals surface area contributed by atoms with E-state index < -0.39 is 0 Å². The molecule has 1 saturated heterocycles. The highest BCUT2D eigenvalue weighted by Gasteiger charge is 2.23. The largest absolute Gasteiger partial charge is 0.482 e. The van der Waals surface area contributed by atoms with E-state index in [0.717, 1.165) is 24.2 Å². The number of hydrogen-bond donors (Lipinski definition) is 2. The van der Waals surface area contributed by atoms with E-state index in [0.29, 0.717) is 29.1 Å². The van der Waals surface area contributed by atoms with Crippen LogP contribution in [-0.4, -0.2) is 30.9 Å². The van der Waals surface area contributed by atoms with Gasteiger partial charge in [-0.15, -0.1) is 0 Å². The Labute approximate surface area is 156 Å². The Morgan fingerprint density at radius 2 is 2.04 bits per heavy atom. The second-order valence-electron chi connectivity index (χ2n) is 6.65. The SMILES string of the molecule is Cc1cc(NC(=O)c2ccc3c(c2)OCC(=O)N3)ccc1N1CCCC1=O. The third-order valence-corrected chi connectivity index (χ3v) is 4.70. The summed E-state index contributed by atoms with van der Waals surface area (Å²) in [4.78, 5) is 37.6. The quantitative estimate of drug-likeness (QED) is 0.875. The molecule has 1 fully saturated rings. The van der Waals surface area contributed by atoms with E-state index in [4.69, 9.17) is 4.74 Å². The van der Waals surface area contributed by atoms with Gasteiger partial charge in [0.1, 0.15) is 5.75 Å². The Morgan fingerprint density at radius 3 is 2.78 bits per heavy atom. The van der Waals surface area contributed by atoms with Gasteiger partial charge in [-0.3, -0.25) is 14.4 Å². The highest BCUT2D eigenvalue weighted by Crippen LogP contribution is 2.30. The molecule has 0 atom stereocenters. The molecule has 0 spiro atoms. The minimum absolute atomic E-state index is 0.0616. The summed E-state index contributed by atoms with van der Waals surface area (Å²) < 4.78 is 5.35. The molecule has 2 aromatic carbocycles. The van der Waals surface area contributed by atoms with Crippen LogP contribution in [0.25, 0.3) is 0 Å². The number of aryl methyl sites for hydroxylation is 1. The molecule has 0 unspecified atom stereocenters. The molecule has 27 heavy (non-hydrogen) atoms. The normalized spacial score (nSPS) is 15.8. The number of ether oxygens (including phenoxy) is 1. The predicted octanol–water partition coefficient (Wildman–Crippen LogP) is 2.71. The van der Waals surface area contributed by atoms with Crippen molar-refractivity contribution in [3.05, 3.63) is 47.5 Å². The topological polar surface area (TPSA) is 87.7 Å². The summed E-state index contributed by atoms with van der Waals surface area (Å²) in [5.74, 6) is 0.117. The van der Waals surface area contributed by atoms with Gasteiger partial charge in [0, 0.05) is 29.9 Å². The Bertz CT molecular complexity index is 954. The molecule has 2 heterocycles. The summed E-state index contributed by atoms with van der Waals surface area (Å²) in [5.41, 5.74) is 3.45. The molecule has 2 aliphatic rings. The number of fused-ring (bicyclic) bond motifs is 1. The lowest BCUT2D eigenvalue weighted by atomic mass is 10.1. The van der Waals surface area contributed by atoms with Crippen molar-refractivity contribution in [2.45, 2.75) is 19.8 Å².